The van der Waals surface area contributed by atoms with Crippen molar-refractivity contribution in [1.82, 2.24) is 20.2 Å². The first-order chi connectivity index (χ1) is 9.20. The van der Waals surface area contributed by atoms with E-state index in [1.807, 2.05) is 6.92 Å². The average molecular weight is 270 g/mol. The van der Waals surface area contributed by atoms with E-state index in [2.05, 4.69) is 15.5 Å². The normalized spacial score (nSPS) is 20.6. The number of carbonyl (C=O) groups is 1. The number of carboxylic acid groups (broad SMARTS) is 1. The Morgan fingerprint density at radius 3 is 3.16 bits per heavy atom. The van der Waals surface area contributed by atoms with Crippen LogP contribution in [-0.4, -0.2) is 50.6 Å². The van der Waals surface area contributed by atoms with Gasteiger partial charge in [0, 0.05) is 13.2 Å². The Morgan fingerprint density at radius 2 is 2.53 bits per heavy atom. The van der Waals surface area contributed by atoms with E-state index in [0.29, 0.717) is 25.6 Å². The molecule has 2 unspecified atom stereocenters. The van der Waals surface area contributed by atoms with E-state index in [4.69, 9.17) is 14.6 Å². The molecular formula is C11H18N4O4. The maximum atomic E-state index is 10.8. The first kappa shape index (κ1) is 13.9. The van der Waals surface area contributed by atoms with Gasteiger partial charge in [-0.1, -0.05) is 0 Å². The van der Waals surface area contributed by atoms with Crippen LogP contribution in [0.25, 0.3) is 0 Å². The third kappa shape index (κ3) is 3.71. The molecule has 0 amide bonds. The Bertz CT molecular complexity index is 417. The van der Waals surface area contributed by atoms with Gasteiger partial charge in [-0.2, -0.15) is 0 Å². The molecule has 0 saturated carbocycles. The predicted octanol–water partition coefficient (Wildman–Crippen LogP) is 0.404. The summed E-state index contributed by atoms with van der Waals surface area (Å²) < 4.78 is 12.5. The Balaban J connectivity index is 2.03. The molecule has 106 valence electrons. The van der Waals surface area contributed by atoms with E-state index in [9.17, 15) is 4.79 Å². The van der Waals surface area contributed by atoms with Crippen molar-refractivity contribution in [2.45, 2.75) is 44.9 Å². The van der Waals surface area contributed by atoms with E-state index in [1.54, 1.807) is 4.68 Å². The van der Waals surface area contributed by atoms with Gasteiger partial charge in [-0.05, 0) is 30.2 Å². The van der Waals surface area contributed by atoms with Gasteiger partial charge < -0.3 is 14.6 Å². The number of hydrogen-bond donors (Lipinski definition) is 1. The van der Waals surface area contributed by atoms with Gasteiger partial charge in [0.2, 0.25) is 0 Å². The average Bonchev–Trinajstić information content (AvgIpc) is 2.97. The zero-order valence-electron chi connectivity index (χ0n) is 10.9. The molecule has 1 aliphatic heterocycles. The van der Waals surface area contributed by atoms with Crippen molar-refractivity contribution >= 4 is 5.97 Å². The lowest BCUT2D eigenvalue weighted by atomic mass is 10.2. The lowest BCUT2D eigenvalue weighted by molar-refractivity contribution is -0.140. The molecule has 1 aromatic heterocycles. The van der Waals surface area contributed by atoms with Crippen LogP contribution in [0.1, 0.15) is 38.1 Å². The molecule has 2 heterocycles. The van der Waals surface area contributed by atoms with E-state index in [0.717, 1.165) is 12.8 Å². The number of tetrazole rings is 1. The third-order valence-electron chi connectivity index (χ3n) is 2.96. The molecule has 2 rings (SSSR count). The number of nitrogens with zero attached hydrogens (tertiary/aromatic N) is 4. The highest BCUT2D eigenvalue weighted by molar-refractivity contribution is 5.67. The highest BCUT2D eigenvalue weighted by atomic mass is 16.5. The van der Waals surface area contributed by atoms with Gasteiger partial charge >= 0.3 is 5.97 Å². The maximum absolute atomic E-state index is 10.8. The number of ether oxygens (including phenoxy) is 2. The van der Waals surface area contributed by atoms with Gasteiger partial charge in [-0.15, -0.1) is 5.10 Å². The van der Waals surface area contributed by atoms with E-state index in [1.165, 1.54) is 0 Å². The van der Waals surface area contributed by atoms with Crippen molar-refractivity contribution in [3.05, 3.63) is 5.82 Å². The van der Waals surface area contributed by atoms with Gasteiger partial charge in [0.05, 0.1) is 19.1 Å². The summed E-state index contributed by atoms with van der Waals surface area (Å²) in [5.74, 6) is -0.252. The minimum Gasteiger partial charge on any atom is -0.481 e. The number of aromatic nitrogens is 4. The van der Waals surface area contributed by atoms with Crippen LogP contribution in [0.15, 0.2) is 0 Å². The number of rotatable bonds is 7. The monoisotopic (exact) mass is 270 g/mol. The molecule has 2 atom stereocenters. The Labute approximate surface area is 110 Å². The highest BCUT2D eigenvalue weighted by Crippen LogP contribution is 2.26. The van der Waals surface area contributed by atoms with Crippen molar-refractivity contribution in [3.8, 4) is 0 Å². The van der Waals surface area contributed by atoms with Crippen LogP contribution in [0, 0.1) is 0 Å². The van der Waals surface area contributed by atoms with Crippen LogP contribution in [0.2, 0.25) is 0 Å². The lowest BCUT2D eigenvalue weighted by Crippen LogP contribution is -2.26. The Hall–Kier alpha value is -1.54. The fourth-order valence-corrected chi connectivity index (χ4v) is 2.15. The molecule has 0 aliphatic carbocycles. The summed E-state index contributed by atoms with van der Waals surface area (Å²) in [6, 6.07) is 0. The second kappa shape index (κ2) is 6.58. The topological polar surface area (TPSA) is 99.4 Å². The molecular weight excluding hydrogens is 252 g/mol. The zero-order valence-corrected chi connectivity index (χ0v) is 10.9. The van der Waals surface area contributed by atoms with Crippen LogP contribution in [0.3, 0.4) is 0 Å². The molecule has 1 N–H and O–H groups in total. The number of aliphatic carboxylic acids is 1. The van der Waals surface area contributed by atoms with Crippen LogP contribution in [-0.2, 0) is 20.8 Å². The number of carboxylic acids is 1. The van der Waals surface area contributed by atoms with Gasteiger partial charge in [-0.25, -0.2) is 4.68 Å². The van der Waals surface area contributed by atoms with Crippen molar-refractivity contribution in [3.63, 3.8) is 0 Å². The van der Waals surface area contributed by atoms with Crippen molar-refractivity contribution in [2.24, 2.45) is 0 Å². The van der Waals surface area contributed by atoms with Gasteiger partial charge in [0.15, 0.2) is 5.82 Å². The van der Waals surface area contributed by atoms with E-state index in [-0.39, 0.29) is 12.5 Å². The molecule has 0 bridgehead atoms. The second-order valence-electron chi connectivity index (χ2n) is 4.40. The second-order valence-corrected chi connectivity index (χ2v) is 4.40. The smallest absolute Gasteiger partial charge is 0.306 e. The molecule has 1 aromatic rings. The molecule has 0 radical (unpaired) electrons. The summed E-state index contributed by atoms with van der Waals surface area (Å²) in [5, 5.41) is 20.4. The molecule has 8 nitrogen and oxygen atoms in total. The first-order valence-electron chi connectivity index (χ1n) is 6.41. The SMILES string of the molecule is CCOC(CC(=O)O)Cn1nnnc1C1CCCO1. The highest BCUT2D eigenvalue weighted by Gasteiger charge is 2.25. The minimum atomic E-state index is -0.898. The lowest BCUT2D eigenvalue weighted by Gasteiger charge is -2.16. The quantitative estimate of drug-likeness (QED) is 0.765. The Morgan fingerprint density at radius 1 is 1.68 bits per heavy atom. The van der Waals surface area contributed by atoms with Gasteiger partial charge in [0.1, 0.15) is 6.10 Å². The van der Waals surface area contributed by atoms with E-state index >= 15 is 0 Å². The molecule has 19 heavy (non-hydrogen) atoms. The fourth-order valence-electron chi connectivity index (χ4n) is 2.15. The van der Waals surface area contributed by atoms with Crippen LogP contribution >= 0.6 is 0 Å². The molecule has 0 aromatic carbocycles. The molecule has 1 fully saturated rings. The summed E-state index contributed by atoms with van der Waals surface area (Å²) in [7, 11) is 0. The third-order valence-corrected chi connectivity index (χ3v) is 2.96. The van der Waals surface area contributed by atoms with E-state index < -0.39 is 12.1 Å². The summed E-state index contributed by atoms with van der Waals surface area (Å²) in [4.78, 5) is 10.8. The Kier molecular flexibility index (Phi) is 4.80. The minimum absolute atomic E-state index is 0.0708. The summed E-state index contributed by atoms with van der Waals surface area (Å²) in [6.07, 6.45) is 1.27. The van der Waals surface area contributed by atoms with Crippen molar-refractivity contribution < 1.29 is 19.4 Å². The van der Waals surface area contributed by atoms with Crippen LogP contribution in [0.5, 0.6) is 0 Å². The molecule has 1 saturated heterocycles. The van der Waals surface area contributed by atoms with Crippen molar-refractivity contribution in [1.29, 1.82) is 0 Å². The van der Waals surface area contributed by atoms with Crippen LogP contribution in [0.4, 0.5) is 0 Å². The number of hydrogen-bond acceptors (Lipinski definition) is 6. The summed E-state index contributed by atoms with van der Waals surface area (Å²) >= 11 is 0. The molecule has 8 heteroatoms. The summed E-state index contributed by atoms with van der Waals surface area (Å²) in [6.45, 7) is 3.31. The van der Waals surface area contributed by atoms with Gasteiger partial charge in [-0.3, -0.25) is 4.79 Å². The largest absolute Gasteiger partial charge is 0.481 e. The van der Waals surface area contributed by atoms with Gasteiger partial charge in [0.25, 0.3) is 0 Å². The zero-order chi connectivity index (χ0) is 13.7. The predicted molar refractivity (Wildman–Crippen MR) is 63.4 cm³/mol. The molecule has 1 aliphatic rings. The maximum Gasteiger partial charge on any atom is 0.306 e. The molecule has 0 spiro atoms. The van der Waals surface area contributed by atoms with Crippen LogP contribution < -0.4 is 0 Å². The standard InChI is InChI=1S/C11H18N4O4/c1-2-18-8(6-10(16)17)7-15-11(12-13-14-15)9-4-3-5-19-9/h8-9H,2-7H2,1H3,(H,16,17). The fraction of sp³-hybridized carbons (Fsp3) is 0.818. The first-order valence-corrected chi connectivity index (χ1v) is 6.41. The summed E-state index contributed by atoms with van der Waals surface area (Å²) in [5.41, 5.74) is 0. The van der Waals surface area contributed by atoms with Crippen molar-refractivity contribution in [2.75, 3.05) is 13.2 Å².